The number of piperazine rings is 1. The van der Waals surface area contributed by atoms with Crippen molar-refractivity contribution in [2.45, 2.75) is 0 Å². The Hall–Kier alpha value is -2.83. The van der Waals surface area contributed by atoms with E-state index in [4.69, 9.17) is 0 Å². The van der Waals surface area contributed by atoms with E-state index < -0.39 is 0 Å². The molecule has 0 bridgehead atoms. The van der Waals surface area contributed by atoms with Crippen LogP contribution >= 0.6 is 0 Å². The van der Waals surface area contributed by atoms with Gasteiger partial charge in [-0.3, -0.25) is 14.3 Å². The van der Waals surface area contributed by atoms with Gasteiger partial charge in [0.05, 0.1) is 18.4 Å². The number of anilines is 2. The number of nitrogens with one attached hydrogen (secondary N) is 1. The molecule has 7 nitrogen and oxygen atoms in total. The van der Waals surface area contributed by atoms with Crippen LogP contribution in [0.25, 0.3) is 0 Å². The van der Waals surface area contributed by atoms with Crippen molar-refractivity contribution in [3.63, 3.8) is 0 Å². The van der Waals surface area contributed by atoms with E-state index in [1.165, 1.54) is 0 Å². The van der Waals surface area contributed by atoms with Gasteiger partial charge >= 0.3 is 0 Å². The number of rotatable bonds is 4. The standard InChI is InChI=1S/C16H19N5O2/c1-19-11-14(9-18-19)21-8-7-20(12-16(21)23)15(22)10-17-13-5-3-2-4-6-13/h2-6,9,11,17H,7-8,10,12H2,1H3. The molecular formula is C16H19N5O2. The molecule has 3 rings (SSSR count). The fraction of sp³-hybridized carbons (Fsp3) is 0.312. The lowest BCUT2D eigenvalue weighted by Crippen LogP contribution is -2.53. The highest BCUT2D eigenvalue weighted by atomic mass is 16.2. The van der Waals surface area contributed by atoms with Crippen molar-refractivity contribution >= 4 is 23.2 Å². The largest absolute Gasteiger partial charge is 0.376 e. The Balaban J connectivity index is 1.55. The molecule has 0 spiro atoms. The molecule has 2 amide bonds. The molecule has 1 aliphatic heterocycles. The number of carbonyl (C=O) groups is 2. The van der Waals surface area contributed by atoms with Gasteiger partial charge in [-0.2, -0.15) is 5.10 Å². The highest BCUT2D eigenvalue weighted by Gasteiger charge is 2.28. The molecular weight excluding hydrogens is 294 g/mol. The van der Waals surface area contributed by atoms with Crippen molar-refractivity contribution in [3.8, 4) is 0 Å². The van der Waals surface area contributed by atoms with Crippen LogP contribution in [0.5, 0.6) is 0 Å². The molecule has 0 aliphatic carbocycles. The number of aromatic nitrogens is 2. The Morgan fingerprint density at radius 2 is 2.04 bits per heavy atom. The number of hydrogen-bond acceptors (Lipinski definition) is 4. The van der Waals surface area contributed by atoms with E-state index in [1.807, 2.05) is 37.4 Å². The predicted octanol–water partition coefficient (Wildman–Crippen LogP) is 0.707. The summed E-state index contributed by atoms with van der Waals surface area (Å²) < 4.78 is 1.66. The van der Waals surface area contributed by atoms with Crippen LogP contribution in [0.15, 0.2) is 42.7 Å². The summed E-state index contributed by atoms with van der Waals surface area (Å²) in [5.41, 5.74) is 1.66. The van der Waals surface area contributed by atoms with Crippen molar-refractivity contribution in [2.24, 2.45) is 7.05 Å². The number of carbonyl (C=O) groups excluding carboxylic acids is 2. The first-order valence-electron chi connectivity index (χ1n) is 7.49. The number of amides is 2. The van der Waals surface area contributed by atoms with Crippen LogP contribution in [-0.2, 0) is 16.6 Å². The summed E-state index contributed by atoms with van der Waals surface area (Å²) in [6, 6.07) is 9.53. The van der Waals surface area contributed by atoms with Gasteiger partial charge in [0.25, 0.3) is 0 Å². The number of hydrogen-bond donors (Lipinski definition) is 1. The van der Waals surface area contributed by atoms with E-state index in [2.05, 4.69) is 10.4 Å². The van der Waals surface area contributed by atoms with E-state index in [9.17, 15) is 9.59 Å². The maximum absolute atomic E-state index is 12.3. The second kappa shape index (κ2) is 6.51. The Morgan fingerprint density at radius 3 is 2.70 bits per heavy atom. The van der Waals surface area contributed by atoms with Gasteiger partial charge < -0.3 is 15.1 Å². The lowest BCUT2D eigenvalue weighted by atomic mass is 10.2. The van der Waals surface area contributed by atoms with Gasteiger partial charge in [0, 0.05) is 32.0 Å². The van der Waals surface area contributed by atoms with Gasteiger partial charge in [-0.15, -0.1) is 0 Å². The summed E-state index contributed by atoms with van der Waals surface area (Å²) in [6.07, 6.45) is 3.46. The zero-order chi connectivity index (χ0) is 16.2. The molecule has 23 heavy (non-hydrogen) atoms. The first kappa shape index (κ1) is 15.1. The molecule has 1 saturated heterocycles. The number of benzene rings is 1. The number of para-hydroxylation sites is 1. The maximum Gasteiger partial charge on any atom is 0.246 e. The molecule has 0 atom stereocenters. The summed E-state index contributed by atoms with van der Waals surface area (Å²) in [5, 5.41) is 7.15. The second-order valence-electron chi connectivity index (χ2n) is 5.45. The van der Waals surface area contributed by atoms with Crippen molar-refractivity contribution in [2.75, 3.05) is 36.4 Å². The molecule has 0 unspecified atom stereocenters. The van der Waals surface area contributed by atoms with Crippen LogP contribution in [0.4, 0.5) is 11.4 Å². The minimum Gasteiger partial charge on any atom is -0.376 e. The molecule has 1 aliphatic rings. The highest BCUT2D eigenvalue weighted by molar-refractivity contribution is 5.98. The lowest BCUT2D eigenvalue weighted by Gasteiger charge is -2.33. The van der Waals surface area contributed by atoms with Crippen LogP contribution in [0.2, 0.25) is 0 Å². The van der Waals surface area contributed by atoms with E-state index in [0.717, 1.165) is 11.4 Å². The van der Waals surface area contributed by atoms with Crippen molar-refractivity contribution in [3.05, 3.63) is 42.7 Å². The Kier molecular flexibility index (Phi) is 4.27. The third-order valence-corrected chi connectivity index (χ3v) is 3.79. The molecule has 0 radical (unpaired) electrons. The smallest absolute Gasteiger partial charge is 0.246 e. The summed E-state index contributed by atoms with van der Waals surface area (Å²) >= 11 is 0. The summed E-state index contributed by atoms with van der Waals surface area (Å²) in [5.74, 6) is -0.162. The predicted molar refractivity (Wildman–Crippen MR) is 87.1 cm³/mol. The molecule has 120 valence electrons. The fourth-order valence-corrected chi connectivity index (χ4v) is 2.55. The van der Waals surface area contributed by atoms with Crippen molar-refractivity contribution < 1.29 is 9.59 Å². The van der Waals surface area contributed by atoms with Crippen LogP contribution in [-0.4, -0.2) is 52.7 Å². The monoisotopic (exact) mass is 313 g/mol. The Morgan fingerprint density at radius 1 is 1.26 bits per heavy atom. The third kappa shape index (κ3) is 3.50. The molecule has 2 heterocycles. The quantitative estimate of drug-likeness (QED) is 0.902. The summed E-state index contributed by atoms with van der Waals surface area (Å²) in [7, 11) is 1.81. The van der Waals surface area contributed by atoms with E-state index >= 15 is 0 Å². The molecule has 0 saturated carbocycles. The maximum atomic E-state index is 12.3. The van der Waals surface area contributed by atoms with Crippen LogP contribution < -0.4 is 10.2 Å². The molecule has 1 aromatic carbocycles. The second-order valence-corrected chi connectivity index (χ2v) is 5.45. The zero-order valence-corrected chi connectivity index (χ0v) is 13.0. The SMILES string of the molecule is Cn1cc(N2CCN(C(=O)CNc3ccccc3)CC2=O)cn1. The summed E-state index contributed by atoms with van der Waals surface area (Å²) in [4.78, 5) is 27.8. The van der Waals surface area contributed by atoms with E-state index in [0.29, 0.717) is 13.1 Å². The summed E-state index contributed by atoms with van der Waals surface area (Å²) in [6.45, 7) is 1.30. The third-order valence-electron chi connectivity index (χ3n) is 3.79. The van der Waals surface area contributed by atoms with Crippen LogP contribution in [0.3, 0.4) is 0 Å². The molecule has 2 aromatic rings. The minimum atomic E-state index is -0.0858. The normalized spacial score (nSPS) is 14.9. The van der Waals surface area contributed by atoms with Gasteiger partial charge in [-0.1, -0.05) is 18.2 Å². The fourth-order valence-electron chi connectivity index (χ4n) is 2.55. The molecule has 1 N–H and O–H groups in total. The minimum absolute atomic E-state index is 0.0759. The highest BCUT2D eigenvalue weighted by Crippen LogP contribution is 2.16. The average Bonchev–Trinajstić information content (AvgIpc) is 2.99. The van der Waals surface area contributed by atoms with E-state index in [1.54, 1.807) is 26.9 Å². The van der Waals surface area contributed by atoms with Crippen LogP contribution in [0.1, 0.15) is 0 Å². The van der Waals surface area contributed by atoms with Crippen molar-refractivity contribution in [1.82, 2.24) is 14.7 Å². The van der Waals surface area contributed by atoms with Gasteiger partial charge in [-0.05, 0) is 12.1 Å². The number of aryl methyl sites for hydroxylation is 1. The first-order chi connectivity index (χ1) is 11.1. The van der Waals surface area contributed by atoms with Gasteiger partial charge in [-0.25, -0.2) is 0 Å². The molecule has 7 heteroatoms. The Labute approximate surface area is 134 Å². The lowest BCUT2D eigenvalue weighted by molar-refractivity contribution is -0.135. The van der Waals surface area contributed by atoms with Crippen LogP contribution in [0, 0.1) is 0 Å². The van der Waals surface area contributed by atoms with Gasteiger partial charge in [0.2, 0.25) is 11.8 Å². The van der Waals surface area contributed by atoms with Crippen molar-refractivity contribution in [1.29, 1.82) is 0 Å². The molecule has 1 aromatic heterocycles. The number of nitrogens with zero attached hydrogens (tertiary/aromatic N) is 4. The van der Waals surface area contributed by atoms with E-state index in [-0.39, 0.29) is 24.9 Å². The van der Waals surface area contributed by atoms with Gasteiger partial charge in [0.1, 0.15) is 6.54 Å². The van der Waals surface area contributed by atoms with Gasteiger partial charge in [0.15, 0.2) is 0 Å². The molecule has 1 fully saturated rings. The topological polar surface area (TPSA) is 70.5 Å². The average molecular weight is 313 g/mol. The zero-order valence-electron chi connectivity index (χ0n) is 13.0. The first-order valence-corrected chi connectivity index (χ1v) is 7.49. The Bertz CT molecular complexity index is 698.